The molecule has 1 aliphatic heterocycles. The Bertz CT molecular complexity index is 1450. The molecule has 6 atom stereocenters. The van der Waals surface area contributed by atoms with Crippen LogP contribution in [0.5, 0.6) is 0 Å². The maximum absolute atomic E-state index is 13.9. The molecule has 3 heterocycles. The van der Waals surface area contributed by atoms with Gasteiger partial charge in [0.05, 0.1) is 19.9 Å². The van der Waals surface area contributed by atoms with Crippen molar-refractivity contribution in [2.24, 2.45) is 0 Å². The van der Waals surface area contributed by atoms with Gasteiger partial charge in [0.15, 0.2) is 18.0 Å². The van der Waals surface area contributed by atoms with E-state index in [-0.39, 0.29) is 11.5 Å². The zero-order chi connectivity index (χ0) is 32.1. The van der Waals surface area contributed by atoms with Crippen molar-refractivity contribution in [3.63, 3.8) is 0 Å². The number of nitriles is 1. The first-order valence-corrected chi connectivity index (χ1v) is 14.3. The molecule has 18 nitrogen and oxygen atoms in total. The van der Waals surface area contributed by atoms with E-state index < -0.39 is 74.2 Å². The average molecular weight is 626 g/mol. The molecule has 234 valence electrons. The van der Waals surface area contributed by atoms with Gasteiger partial charge in [-0.25, -0.2) is 19.7 Å². The molecule has 0 bridgehead atoms. The van der Waals surface area contributed by atoms with Gasteiger partial charge in [-0.1, -0.05) is 0 Å². The Morgan fingerprint density at radius 2 is 1.70 bits per heavy atom. The van der Waals surface area contributed by atoms with E-state index in [9.17, 15) is 29.0 Å². The van der Waals surface area contributed by atoms with E-state index >= 15 is 0 Å². The van der Waals surface area contributed by atoms with Gasteiger partial charge in [0.2, 0.25) is 5.60 Å². The Hall–Kier alpha value is -4.14. The molecular formula is C24H32N7O11P. The number of hydrogen-bond donors (Lipinski definition) is 3. The molecule has 3 rings (SSSR count). The van der Waals surface area contributed by atoms with E-state index in [0.717, 1.165) is 28.1 Å². The number of nitrogens with two attached hydrogens (primary N) is 1. The van der Waals surface area contributed by atoms with Gasteiger partial charge in [0.1, 0.15) is 42.7 Å². The first-order valence-electron chi connectivity index (χ1n) is 12.7. The summed E-state index contributed by atoms with van der Waals surface area (Å²) in [5.74, 6) is -3.19. The van der Waals surface area contributed by atoms with Crippen molar-refractivity contribution in [1.29, 1.82) is 5.26 Å². The van der Waals surface area contributed by atoms with Crippen molar-refractivity contribution in [1.82, 2.24) is 24.8 Å². The molecule has 4 N–H and O–H groups in total. The summed E-state index contributed by atoms with van der Waals surface area (Å²) in [5, 5.41) is 19.4. The lowest BCUT2D eigenvalue weighted by Crippen LogP contribution is -2.50. The molecule has 0 saturated carbocycles. The van der Waals surface area contributed by atoms with Crippen molar-refractivity contribution < 1.29 is 52.0 Å². The molecular weight excluding hydrogens is 593 g/mol. The number of carbonyl (C=O) groups is 4. The zero-order valence-electron chi connectivity index (χ0n) is 24.1. The van der Waals surface area contributed by atoms with E-state index in [1.165, 1.54) is 30.8 Å². The third-order valence-electron chi connectivity index (χ3n) is 6.28. The fraction of sp³-hybridized carbons (Fsp3) is 0.542. The topological polar surface area (TPSA) is 245 Å². The van der Waals surface area contributed by atoms with Gasteiger partial charge in [0.25, 0.3) is 0 Å². The fourth-order valence-corrected chi connectivity index (χ4v) is 6.19. The van der Waals surface area contributed by atoms with Gasteiger partial charge in [-0.2, -0.15) is 10.4 Å². The first-order chi connectivity index (χ1) is 20.2. The second kappa shape index (κ2) is 13.4. The zero-order valence-corrected chi connectivity index (χ0v) is 25.0. The van der Waals surface area contributed by atoms with Crippen molar-refractivity contribution in [3.05, 3.63) is 24.2 Å². The third kappa shape index (κ3) is 7.27. The predicted molar refractivity (Wildman–Crippen MR) is 143 cm³/mol. The SMILES string of the molecule is COC(=O)[C@H](C)NP(=O)(N[C@@H](C)C(=O)OC)OC[C@@]1(C#N)O[C@@H](c2ccc3c(N)ncnn23)[C@H](OC(C)=O)[C@@H]1OC(C)=O. The Kier molecular flexibility index (Phi) is 10.4. The molecule has 1 aliphatic rings. The van der Waals surface area contributed by atoms with E-state index in [2.05, 4.69) is 29.7 Å². The largest absolute Gasteiger partial charge is 0.468 e. The number of anilines is 1. The predicted octanol–water partition coefficient (Wildman–Crippen LogP) is -0.0645. The number of ether oxygens (including phenoxy) is 5. The summed E-state index contributed by atoms with van der Waals surface area (Å²) in [6.07, 6.45) is -3.18. The second-order valence-electron chi connectivity index (χ2n) is 9.42. The number of hydrogen-bond acceptors (Lipinski definition) is 15. The minimum absolute atomic E-state index is 0.118. The first kappa shape index (κ1) is 33.4. The number of esters is 4. The van der Waals surface area contributed by atoms with Crippen LogP contribution in [0.25, 0.3) is 5.52 Å². The Morgan fingerprint density at radius 3 is 2.21 bits per heavy atom. The fourth-order valence-electron chi connectivity index (χ4n) is 4.36. The number of rotatable bonds is 12. The minimum Gasteiger partial charge on any atom is -0.468 e. The number of nitrogens with zero attached hydrogens (tertiary/aromatic N) is 4. The number of aromatic nitrogens is 3. The summed E-state index contributed by atoms with van der Waals surface area (Å²) in [5.41, 5.74) is 4.28. The lowest BCUT2D eigenvalue weighted by atomic mass is 9.95. The summed E-state index contributed by atoms with van der Waals surface area (Å²) in [7, 11) is -2.22. The number of nitrogens with one attached hydrogen (secondary N) is 2. The maximum Gasteiger partial charge on any atom is 0.342 e. The van der Waals surface area contributed by atoms with Crippen LogP contribution in [0.15, 0.2) is 18.5 Å². The third-order valence-corrected chi connectivity index (χ3v) is 8.23. The molecule has 0 radical (unpaired) electrons. The standard InChI is InChI=1S/C24H32N7O11P/c1-12(22(34)37-5)29-43(36,30-13(2)23(35)38-6)39-10-24(9-25)20(41-15(4)33)19(40-14(3)32)18(42-24)16-7-8-17-21(26)27-11-28-31(16)17/h7-8,11-13,18-20H,10H2,1-6H3,(H2,26,27,28)(H2,29,30,36)/t12-,13-,18-,19-,20-,24+/m0/s1. The van der Waals surface area contributed by atoms with E-state index in [1.807, 2.05) is 6.07 Å². The quantitative estimate of drug-likeness (QED) is 0.159. The molecule has 0 amide bonds. The van der Waals surface area contributed by atoms with Gasteiger partial charge in [-0.3, -0.25) is 23.7 Å². The van der Waals surface area contributed by atoms with Gasteiger partial charge in [0, 0.05) is 13.8 Å². The summed E-state index contributed by atoms with van der Waals surface area (Å²) in [4.78, 5) is 52.5. The van der Waals surface area contributed by atoms with E-state index in [0.29, 0.717) is 5.52 Å². The van der Waals surface area contributed by atoms with E-state index in [4.69, 9.17) is 24.5 Å². The molecule has 2 aromatic heterocycles. The van der Waals surface area contributed by atoms with Crippen LogP contribution in [0.4, 0.5) is 5.82 Å². The summed E-state index contributed by atoms with van der Waals surface area (Å²) < 4.78 is 47.3. The molecule has 2 aromatic rings. The minimum atomic E-state index is -4.43. The molecule has 0 aliphatic carbocycles. The molecule has 0 unspecified atom stereocenters. The number of fused-ring (bicyclic) bond motifs is 1. The highest BCUT2D eigenvalue weighted by Gasteiger charge is 2.62. The average Bonchev–Trinajstić information content (AvgIpc) is 3.51. The van der Waals surface area contributed by atoms with E-state index in [1.54, 1.807) is 6.07 Å². The Labute approximate surface area is 245 Å². The Morgan fingerprint density at radius 1 is 1.12 bits per heavy atom. The van der Waals surface area contributed by atoms with Gasteiger partial charge in [-0.15, -0.1) is 0 Å². The summed E-state index contributed by atoms with van der Waals surface area (Å²) in [6, 6.07) is 2.54. The van der Waals surface area contributed by atoms with Gasteiger partial charge in [-0.05, 0) is 26.0 Å². The molecule has 0 spiro atoms. The van der Waals surface area contributed by atoms with Crippen LogP contribution in [0.2, 0.25) is 0 Å². The van der Waals surface area contributed by atoms with Gasteiger partial charge < -0.3 is 33.9 Å². The van der Waals surface area contributed by atoms with Crippen molar-refractivity contribution in [2.75, 3.05) is 26.6 Å². The van der Waals surface area contributed by atoms with Crippen LogP contribution in [-0.4, -0.2) is 89.2 Å². The molecule has 1 fully saturated rings. The van der Waals surface area contributed by atoms with Crippen LogP contribution < -0.4 is 15.9 Å². The maximum atomic E-state index is 13.9. The molecule has 43 heavy (non-hydrogen) atoms. The highest BCUT2D eigenvalue weighted by Crippen LogP contribution is 2.47. The normalized spacial score (nSPS) is 23.1. The number of nitrogen functional groups attached to an aromatic ring is 1. The van der Waals surface area contributed by atoms with Crippen LogP contribution >= 0.6 is 7.67 Å². The number of carbonyl (C=O) groups excluding carboxylic acids is 4. The summed E-state index contributed by atoms with van der Waals surface area (Å²) >= 11 is 0. The monoisotopic (exact) mass is 625 g/mol. The van der Waals surface area contributed by atoms with Crippen LogP contribution in [0, 0.1) is 11.3 Å². The van der Waals surface area contributed by atoms with Crippen molar-refractivity contribution in [3.8, 4) is 6.07 Å². The van der Waals surface area contributed by atoms with Crippen molar-refractivity contribution >= 4 is 42.9 Å². The number of methoxy groups -OCH3 is 2. The Balaban J connectivity index is 2.08. The highest BCUT2D eigenvalue weighted by atomic mass is 31.2. The van der Waals surface area contributed by atoms with Gasteiger partial charge >= 0.3 is 31.5 Å². The lowest BCUT2D eigenvalue weighted by Gasteiger charge is -2.31. The molecule has 19 heteroatoms. The van der Waals surface area contributed by atoms with Crippen molar-refractivity contribution in [2.45, 2.75) is 63.7 Å². The van der Waals surface area contributed by atoms with Crippen LogP contribution in [0.1, 0.15) is 39.5 Å². The molecule has 1 saturated heterocycles. The smallest absolute Gasteiger partial charge is 0.342 e. The second-order valence-corrected chi connectivity index (χ2v) is 11.3. The van der Waals surface area contributed by atoms with Crippen LogP contribution in [-0.2, 0) is 52.0 Å². The summed E-state index contributed by atoms with van der Waals surface area (Å²) in [6.45, 7) is 3.91. The molecule has 0 aromatic carbocycles. The lowest BCUT2D eigenvalue weighted by molar-refractivity contribution is -0.166. The van der Waals surface area contributed by atoms with Crippen LogP contribution in [0.3, 0.4) is 0 Å². The highest BCUT2D eigenvalue weighted by molar-refractivity contribution is 7.54.